The summed E-state index contributed by atoms with van der Waals surface area (Å²) in [6.07, 6.45) is -0.839. The zero-order valence-electron chi connectivity index (χ0n) is 16.6. The summed E-state index contributed by atoms with van der Waals surface area (Å²) >= 11 is 0. The third kappa shape index (κ3) is 4.50. The number of sulfonamides is 1. The number of benzene rings is 2. The third-order valence-corrected chi connectivity index (χ3v) is 7.31. The normalized spacial score (nSPS) is 16.1. The molecule has 1 fully saturated rings. The maximum atomic E-state index is 14.8. The largest absolute Gasteiger partial charge is 0.497 e. The predicted octanol–water partition coefficient (Wildman–Crippen LogP) is 3.04. The van der Waals surface area contributed by atoms with E-state index in [9.17, 15) is 22.3 Å². The van der Waals surface area contributed by atoms with Gasteiger partial charge in [-0.2, -0.15) is 0 Å². The monoisotopic (exact) mass is 442 g/mol. The van der Waals surface area contributed by atoms with E-state index in [1.54, 1.807) is 13.0 Å². The average Bonchev–Trinajstić information content (AvgIpc) is 3.47. The fraction of sp³-hybridized carbons (Fsp3) is 0.400. The molecule has 0 aromatic heterocycles. The van der Waals surface area contributed by atoms with E-state index in [4.69, 9.17) is 9.84 Å². The Kier molecular flexibility index (Phi) is 6.21. The van der Waals surface area contributed by atoms with E-state index >= 15 is 0 Å². The number of ether oxygens (including phenoxy) is 1. The topological polar surface area (TPSA) is 108 Å². The highest BCUT2D eigenvalue weighted by atomic mass is 32.2. The van der Waals surface area contributed by atoms with Gasteiger partial charge in [0.1, 0.15) is 17.3 Å². The van der Waals surface area contributed by atoms with Crippen molar-refractivity contribution in [2.75, 3.05) is 23.8 Å². The smallest absolute Gasteiger partial charge is 0.238 e. The standard InChI is InChI=1S/C20H24F2N2O5S/c1-12-3-4-17(15(21)7-12)23-18-9-14(29-2)8-16(22)19(18)24-30(27,28)20(5-6-20)10-13(26)11-25/h3-4,7-9,13,23-26H,5-6,10-11H2,1-2H3. The van der Waals surface area contributed by atoms with Crippen molar-refractivity contribution in [3.8, 4) is 5.75 Å². The molecule has 3 rings (SSSR count). The second-order valence-electron chi connectivity index (χ2n) is 7.47. The van der Waals surface area contributed by atoms with Crippen molar-refractivity contribution in [1.29, 1.82) is 0 Å². The van der Waals surface area contributed by atoms with Gasteiger partial charge in [0.05, 0.1) is 35.9 Å². The molecule has 0 bridgehead atoms. The first-order chi connectivity index (χ1) is 14.1. The Morgan fingerprint density at radius 3 is 2.43 bits per heavy atom. The molecule has 0 aliphatic heterocycles. The second-order valence-corrected chi connectivity index (χ2v) is 9.55. The van der Waals surface area contributed by atoms with E-state index in [2.05, 4.69) is 10.0 Å². The molecule has 30 heavy (non-hydrogen) atoms. The molecule has 1 saturated carbocycles. The molecule has 0 radical (unpaired) electrons. The number of methoxy groups -OCH3 is 1. The van der Waals surface area contributed by atoms with E-state index in [1.165, 1.54) is 25.3 Å². The molecule has 1 unspecified atom stereocenters. The predicted molar refractivity (Wildman–Crippen MR) is 110 cm³/mol. The van der Waals surface area contributed by atoms with Crippen LogP contribution in [0.15, 0.2) is 30.3 Å². The van der Waals surface area contributed by atoms with Gasteiger partial charge in [0.15, 0.2) is 5.82 Å². The van der Waals surface area contributed by atoms with E-state index in [0.717, 1.165) is 6.07 Å². The maximum Gasteiger partial charge on any atom is 0.238 e. The molecule has 1 atom stereocenters. The van der Waals surface area contributed by atoms with Crippen molar-refractivity contribution in [2.45, 2.75) is 37.0 Å². The Labute approximate surface area is 173 Å². The molecule has 0 saturated heterocycles. The minimum Gasteiger partial charge on any atom is -0.497 e. The molecule has 7 nitrogen and oxygen atoms in total. The minimum atomic E-state index is -4.12. The Bertz CT molecular complexity index is 1040. The Balaban J connectivity index is 1.98. The van der Waals surface area contributed by atoms with Gasteiger partial charge in [-0.3, -0.25) is 4.72 Å². The van der Waals surface area contributed by atoms with Crippen molar-refractivity contribution in [1.82, 2.24) is 0 Å². The summed E-state index contributed by atoms with van der Waals surface area (Å²) in [7, 11) is -2.79. The van der Waals surface area contributed by atoms with E-state index in [-0.39, 0.29) is 42.1 Å². The van der Waals surface area contributed by atoms with Crippen LogP contribution in [-0.2, 0) is 10.0 Å². The molecular formula is C20H24F2N2O5S. The lowest BCUT2D eigenvalue weighted by Crippen LogP contribution is -2.34. The molecule has 2 aromatic carbocycles. The zero-order chi connectivity index (χ0) is 22.1. The first-order valence-electron chi connectivity index (χ1n) is 9.33. The van der Waals surface area contributed by atoms with Crippen LogP contribution in [-0.4, -0.2) is 43.2 Å². The van der Waals surface area contributed by atoms with E-state index < -0.39 is 39.1 Å². The van der Waals surface area contributed by atoms with Crippen molar-refractivity contribution in [2.24, 2.45) is 0 Å². The van der Waals surface area contributed by atoms with Gasteiger partial charge >= 0.3 is 0 Å². The number of hydrogen-bond acceptors (Lipinski definition) is 6. The van der Waals surface area contributed by atoms with Crippen LogP contribution in [0.1, 0.15) is 24.8 Å². The fourth-order valence-corrected chi connectivity index (χ4v) is 4.97. The Morgan fingerprint density at radius 2 is 1.87 bits per heavy atom. The number of rotatable bonds is 9. The highest BCUT2D eigenvalue weighted by molar-refractivity contribution is 7.94. The zero-order valence-corrected chi connectivity index (χ0v) is 17.4. The van der Waals surface area contributed by atoms with Crippen molar-refractivity contribution < 1.29 is 32.1 Å². The van der Waals surface area contributed by atoms with Crippen molar-refractivity contribution in [3.05, 3.63) is 47.5 Å². The lowest BCUT2D eigenvalue weighted by molar-refractivity contribution is 0.0858. The minimum absolute atomic E-state index is 0.0308. The van der Waals surface area contributed by atoms with Gasteiger partial charge in [0.25, 0.3) is 0 Å². The summed E-state index contributed by atoms with van der Waals surface area (Å²) in [4.78, 5) is 0. The molecule has 1 aliphatic rings. The number of aliphatic hydroxyl groups is 2. The highest BCUT2D eigenvalue weighted by Crippen LogP contribution is 2.48. The van der Waals surface area contributed by atoms with E-state index in [1.807, 2.05) is 0 Å². The van der Waals surface area contributed by atoms with Gasteiger partial charge < -0.3 is 20.3 Å². The van der Waals surface area contributed by atoms with Gasteiger partial charge in [-0.15, -0.1) is 0 Å². The van der Waals surface area contributed by atoms with Crippen LogP contribution in [0.2, 0.25) is 0 Å². The SMILES string of the molecule is COc1cc(F)c(NS(=O)(=O)C2(CC(O)CO)CC2)c(Nc2ccc(C)cc2F)c1. The highest BCUT2D eigenvalue weighted by Gasteiger charge is 2.55. The fourth-order valence-electron chi connectivity index (χ4n) is 3.23. The lowest BCUT2D eigenvalue weighted by Gasteiger charge is -2.22. The number of hydrogen-bond donors (Lipinski definition) is 4. The molecule has 0 heterocycles. The van der Waals surface area contributed by atoms with Crippen LogP contribution in [0.4, 0.5) is 25.8 Å². The van der Waals surface area contributed by atoms with Gasteiger partial charge in [-0.25, -0.2) is 17.2 Å². The summed E-state index contributed by atoms with van der Waals surface area (Å²) in [6.45, 7) is 1.14. The van der Waals surface area contributed by atoms with Crippen molar-refractivity contribution in [3.63, 3.8) is 0 Å². The van der Waals surface area contributed by atoms with Gasteiger partial charge in [0, 0.05) is 12.1 Å². The van der Waals surface area contributed by atoms with Crippen LogP contribution in [0, 0.1) is 18.6 Å². The van der Waals surface area contributed by atoms with Crippen LogP contribution < -0.4 is 14.8 Å². The van der Waals surface area contributed by atoms with Gasteiger partial charge in [0.2, 0.25) is 10.0 Å². The van der Waals surface area contributed by atoms with Gasteiger partial charge in [-0.05, 0) is 43.9 Å². The van der Waals surface area contributed by atoms with Crippen LogP contribution >= 0.6 is 0 Å². The van der Waals surface area contributed by atoms with Gasteiger partial charge in [-0.1, -0.05) is 6.07 Å². The Morgan fingerprint density at radius 1 is 1.17 bits per heavy atom. The quantitative estimate of drug-likeness (QED) is 0.476. The first-order valence-corrected chi connectivity index (χ1v) is 10.8. The summed E-state index contributed by atoms with van der Waals surface area (Å²) in [5.41, 5.74) is 0.302. The summed E-state index contributed by atoms with van der Waals surface area (Å²) < 4.78 is 61.0. The van der Waals surface area contributed by atoms with Crippen LogP contribution in [0.25, 0.3) is 0 Å². The number of anilines is 3. The first kappa shape index (κ1) is 22.3. The molecule has 2 aromatic rings. The molecule has 0 spiro atoms. The maximum absolute atomic E-state index is 14.8. The number of halogens is 2. The number of nitrogens with one attached hydrogen (secondary N) is 2. The summed E-state index contributed by atoms with van der Waals surface area (Å²) in [5, 5.41) is 21.5. The lowest BCUT2D eigenvalue weighted by atomic mass is 10.2. The van der Waals surface area contributed by atoms with Crippen LogP contribution in [0.3, 0.4) is 0 Å². The van der Waals surface area contributed by atoms with Crippen LogP contribution in [0.5, 0.6) is 5.75 Å². The molecule has 0 amide bonds. The number of aryl methyl sites for hydroxylation is 1. The number of aliphatic hydroxyl groups excluding tert-OH is 2. The van der Waals surface area contributed by atoms with E-state index in [0.29, 0.717) is 5.56 Å². The summed E-state index contributed by atoms with van der Waals surface area (Å²) in [5.74, 6) is -1.38. The molecule has 10 heteroatoms. The molecule has 164 valence electrons. The Hall–Kier alpha value is -2.43. The molecular weight excluding hydrogens is 418 g/mol. The molecule has 1 aliphatic carbocycles. The third-order valence-electron chi connectivity index (χ3n) is 5.13. The summed E-state index contributed by atoms with van der Waals surface area (Å²) in [6, 6.07) is 6.76. The molecule has 4 N–H and O–H groups in total. The van der Waals surface area contributed by atoms with Crippen molar-refractivity contribution >= 4 is 27.1 Å². The second kappa shape index (κ2) is 8.37. The average molecular weight is 442 g/mol.